The smallest absolute Gasteiger partial charge is 0.293 e. The fourth-order valence-electron chi connectivity index (χ4n) is 2.97. The maximum Gasteiger partial charge on any atom is 0.293 e. The van der Waals surface area contributed by atoms with Crippen LogP contribution in [0.4, 0.5) is 11.6 Å². The highest BCUT2D eigenvalue weighted by Gasteiger charge is 2.16. The number of rotatable bonds is 3. The molecule has 0 aliphatic heterocycles. The molecule has 5 aromatic rings. The van der Waals surface area contributed by atoms with Gasteiger partial charge in [-0.15, -0.1) is 5.10 Å². The fourth-order valence-corrected chi connectivity index (χ4v) is 3.42. The Morgan fingerprint density at radius 3 is 2.66 bits per heavy atom. The third-order valence-electron chi connectivity index (χ3n) is 4.32. The summed E-state index contributed by atoms with van der Waals surface area (Å²) in [6.45, 7) is 0. The van der Waals surface area contributed by atoms with Crippen molar-refractivity contribution in [3.63, 3.8) is 0 Å². The van der Waals surface area contributed by atoms with Crippen LogP contribution < -0.4 is 10.9 Å². The van der Waals surface area contributed by atoms with Crippen molar-refractivity contribution in [1.29, 1.82) is 0 Å². The van der Waals surface area contributed by atoms with E-state index in [0.29, 0.717) is 22.9 Å². The topological polar surface area (TPSA) is 98.0 Å². The second-order valence-corrected chi connectivity index (χ2v) is 7.01. The molecule has 0 radical (unpaired) electrons. The molecule has 0 amide bonds. The number of benzene rings is 1. The van der Waals surface area contributed by atoms with Crippen LogP contribution in [-0.4, -0.2) is 29.5 Å². The van der Waals surface area contributed by atoms with Gasteiger partial charge in [-0.3, -0.25) is 9.78 Å². The standard InChI is InChI=1S/C20H12BrN7O/c21-14-5-3-4-13-16(14)25-20(24-15-6-1-2-9-23-19(15)29)28-18(13)26-17(27-28)12-7-10-22-11-8-12/h1-11H,(H,23,24,25,29). The zero-order valence-corrected chi connectivity index (χ0v) is 16.4. The summed E-state index contributed by atoms with van der Waals surface area (Å²) in [5.74, 6) is 0.890. The van der Waals surface area contributed by atoms with Gasteiger partial charge in [-0.2, -0.15) is 4.52 Å². The number of halogens is 1. The van der Waals surface area contributed by atoms with Crippen molar-refractivity contribution < 1.29 is 0 Å². The molecule has 1 aromatic carbocycles. The fraction of sp³-hybridized carbons (Fsp3) is 0. The first kappa shape index (κ1) is 17.4. The van der Waals surface area contributed by atoms with Crippen LogP contribution in [0.2, 0.25) is 0 Å². The molecular weight excluding hydrogens is 434 g/mol. The van der Waals surface area contributed by atoms with Gasteiger partial charge in [-0.1, -0.05) is 12.1 Å². The van der Waals surface area contributed by atoms with Crippen molar-refractivity contribution in [2.75, 3.05) is 5.32 Å². The summed E-state index contributed by atoms with van der Waals surface area (Å²) in [5, 5.41) is 8.51. The SMILES string of the molecule is O=c1nccccc1Nc1nc2c(Br)cccc2c2nc(-c3ccncc3)nn12. The van der Waals surface area contributed by atoms with Gasteiger partial charge in [0.15, 0.2) is 11.5 Å². The molecule has 0 fully saturated rings. The number of hydrogen-bond donors (Lipinski definition) is 1. The number of para-hydroxylation sites is 1. The lowest BCUT2D eigenvalue weighted by molar-refractivity contribution is 0.947. The zero-order valence-electron chi connectivity index (χ0n) is 14.8. The number of nitrogens with one attached hydrogen (secondary N) is 1. The first-order valence-electron chi connectivity index (χ1n) is 8.68. The van der Waals surface area contributed by atoms with E-state index in [1.165, 1.54) is 6.20 Å². The Balaban J connectivity index is 1.80. The van der Waals surface area contributed by atoms with Crippen LogP contribution in [0.3, 0.4) is 0 Å². The lowest BCUT2D eigenvalue weighted by Gasteiger charge is -2.08. The maximum absolute atomic E-state index is 12.3. The monoisotopic (exact) mass is 445 g/mol. The minimum absolute atomic E-state index is 0.288. The largest absolute Gasteiger partial charge is 0.319 e. The van der Waals surface area contributed by atoms with E-state index in [0.717, 1.165) is 15.4 Å². The lowest BCUT2D eigenvalue weighted by Crippen LogP contribution is -2.11. The summed E-state index contributed by atoms with van der Waals surface area (Å²) in [5.41, 5.74) is 2.04. The van der Waals surface area contributed by atoms with E-state index in [1.54, 1.807) is 35.1 Å². The van der Waals surface area contributed by atoms with Gasteiger partial charge in [0.25, 0.3) is 5.56 Å². The molecule has 5 rings (SSSR count). The molecule has 0 bridgehead atoms. The van der Waals surface area contributed by atoms with Crippen molar-refractivity contribution in [3.05, 3.63) is 81.9 Å². The van der Waals surface area contributed by atoms with E-state index in [4.69, 9.17) is 9.97 Å². The van der Waals surface area contributed by atoms with Crippen LogP contribution in [0.15, 0.2) is 76.4 Å². The summed E-state index contributed by atoms with van der Waals surface area (Å²) in [6, 6.07) is 14.5. The highest BCUT2D eigenvalue weighted by atomic mass is 79.9. The van der Waals surface area contributed by atoms with Gasteiger partial charge in [0.05, 0.1) is 5.52 Å². The Hall–Kier alpha value is -3.72. The molecule has 0 aliphatic rings. The molecule has 29 heavy (non-hydrogen) atoms. The number of aromatic nitrogens is 6. The summed E-state index contributed by atoms with van der Waals surface area (Å²) in [6.07, 6.45) is 4.82. The Morgan fingerprint density at radius 1 is 0.931 bits per heavy atom. The molecule has 8 nitrogen and oxygen atoms in total. The number of pyridine rings is 1. The molecule has 0 spiro atoms. The molecule has 0 unspecified atom stereocenters. The van der Waals surface area contributed by atoms with Crippen molar-refractivity contribution in [2.24, 2.45) is 0 Å². The molecule has 1 N–H and O–H groups in total. The number of nitrogens with zero attached hydrogens (tertiary/aromatic N) is 6. The van der Waals surface area contributed by atoms with Gasteiger partial charge in [0, 0.05) is 34.0 Å². The highest BCUT2D eigenvalue weighted by Crippen LogP contribution is 2.29. The Labute approximate surface area is 172 Å². The van der Waals surface area contributed by atoms with E-state index in [2.05, 4.69) is 36.3 Å². The average Bonchev–Trinajstić information content (AvgIpc) is 3.10. The van der Waals surface area contributed by atoms with E-state index in [-0.39, 0.29) is 5.69 Å². The molecule has 0 aliphatic carbocycles. The van der Waals surface area contributed by atoms with E-state index < -0.39 is 5.56 Å². The maximum atomic E-state index is 12.3. The van der Waals surface area contributed by atoms with E-state index in [1.807, 2.05) is 30.3 Å². The summed E-state index contributed by atoms with van der Waals surface area (Å²) >= 11 is 3.55. The highest BCUT2D eigenvalue weighted by molar-refractivity contribution is 9.10. The summed E-state index contributed by atoms with van der Waals surface area (Å²) < 4.78 is 2.41. The second-order valence-electron chi connectivity index (χ2n) is 6.15. The molecule has 140 valence electrons. The normalized spacial score (nSPS) is 11.1. The van der Waals surface area contributed by atoms with E-state index in [9.17, 15) is 4.79 Å². The number of hydrogen-bond acceptors (Lipinski definition) is 7. The first-order chi connectivity index (χ1) is 14.2. The molecule has 0 saturated carbocycles. The Kier molecular flexibility index (Phi) is 4.21. The van der Waals surface area contributed by atoms with Crippen LogP contribution in [0.1, 0.15) is 0 Å². The van der Waals surface area contributed by atoms with Gasteiger partial charge in [-0.25, -0.2) is 15.0 Å². The molecule has 4 heterocycles. The molecular formula is C20H12BrN7O. The van der Waals surface area contributed by atoms with Crippen LogP contribution in [0.5, 0.6) is 0 Å². The predicted octanol–water partition coefficient (Wildman–Crippen LogP) is 3.60. The number of anilines is 2. The first-order valence-corrected chi connectivity index (χ1v) is 9.48. The molecule has 4 aromatic heterocycles. The van der Waals surface area contributed by atoms with Crippen LogP contribution in [0, 0.1) is 0 Å². The van der Waals surface area contributed by atoms with Crippen LogP contribution in [0.25, 0.3) is 27.9 Å². The van der Waals surface area contributed by atoms with Gasteiger partial charge in [0.2, 0.25) is 5.95 Å². The van der Waals surface area contributed by atoms with Gasteiger partial charge >= 0.3 is 0 Å². The van der Waals surface area contributed by atoms with Crippen LogP contribution >= 0.6 is 15.9 Å². The lowest BCUT2D eigenvalue weighted by atomic mass is 10.2. The average molecular weight is 446 g/mol. The van der Waals surface area contributed by atoms with Crippen LogP contribution in [-0.2, 0) is 0 Å². The predicted molar refractivity (Wildman–Crippen MR) is 113 cm³/mol. The quantitative estimate of drug-likeness (QED) is 0.452. The Bertz CT molecular complexity index is 1420. The summed E-state index contributed by atoms with van der Waals surface area (Å²) in [4.78, 5) is 29.5. The van der Waals surface area contributed by atoms with Crippen molar-refractivity contribution in [1.82, 2.24) is 29.5 Å². The number of fused-ring (bicyclic) bond motifs is 3. The Morgan fingerprint density at radius 2 is 1.79 bits per heavy atom. The minimum Gasteiger partial charge on any atom is -0.319 e. The van der Waals surface area contributed by atoms with Crippen molar-refractivity contribution in [2.45, 2.75) is 0 Å². The third-order valence-corrected chi connectivity index (χ3v) is 4.96. The third kappa shape index (κ3) is 3.11. The zero-order chi connectivity index (χ0) is 19.8. The molecule has 0 atom stereocenters. The minimum atomic E-state index is -0.397. The van der Waals surface area contributed by atoms with Crippen molar-refractivity contribution >= 4 is 44.1 Å². The second kappa shape index (κ2) is 7.02. The summed E-state index contributed by atoms with van der Waals surface area (Å²) in [7, 11) is 0. The molecule has 9 heteroatoms. The van der Waals surface area contributed by atoms with E-state index >= 15 is 0 Å². The molecule has 0 saturated heterocycles. The van der Waals surface area contributed by atoms with Crippen molar-refractivity contribution in [3.8, 4) is 11.4 Å². The van der Waals surface area contributed by atoms with Gasteiger partial charge < -0.3 is 5.32 Å². The van der Waals surface area contributed by atoms with Gasteiger partial charge in [-0.05, 0) is 52.3 Å². The van der Waals surface area contributed by atoms with Gasteiger partial charge in [0.1, 0.15) is 5.69 Å².